The van der Waals surface area contributed by atoms with Gasteiger partial charge in [0, 0.05) is 0 Å². The summed E-state index contributed by atoms with van der Waals surface area (Å²) < 4.78 is 34.4. The molecule has 1 aromatic carbocycles. The Labute approximate surface area is 103 Å². The third-order valence-electron chi connectivity index (χ3n) is 2.50. The zero-order chi connectivity index (χ0) is 12.6. The normalized spacial score (nSPS) is 15.7. The Morgan fingerprint density at radius 3 is 2.83 bits per heavy atom. The van der Waals surface area contributed by atoms with Crippen molar-refractivity contribution in [2.45, 2.75) is 5.22 Å². The lowest BCUT2D eigenvalue weighted by Crippen LogP contribution is -2.16. The number of ether oxygens (including phenoxy) is 1. The van der Waals surface area contributed by atoms with Crippen molar-refractivity contribution in [2.75, 3.05) is 18.9 Å². The van der Waals surface area contributed by atoms with Crippen LogP contribution in [0.1, 0.15) is 0 Å². The maximum Gasteiger partial charge on any atom is 0.316 e. The molecule has 0 saturated carbocycles. The minimum atomic E-state index is -3.64. The van der Waals surface area contributed by atoms with Crippen LogP contribution in [0, 0.1) is 0 Å². The number of nitrogens with zero attached hydrogens (tertiary/aromatic N) is 2. The minimum Gasteiger partial charge on any atom is -0.478 e. The van der Waals surface area contributed by atoms with Gasteiger partial charge in [-0.3, -0.25) is 4.99 Å². The molecule has 0 amide bonds. The summed E-state index contributed by atoms with van der Waals surface area (Å²) in [6.45, 7) is 0.927. The number of para-hydroxylation sites is 2. The molecule has 18 heavy (non-hydrogen) atoms. The zero-order valence-corrected chi connectivity index (χ0v) is 10.2. The Hall–Kier alpha value is -1.89. The van der Waals surface area contributed by atoms with Gasteiger partial charge < -0.3 is 9.15 Å². The third kappa shape index (κ3) is 1.97. The van der Waals surface area contributed by atoms with Crippen molar-refractivity contribution >= 4 is 26.8 Å². The first kappa shape index (κ1) is 11.2. The SMILES string of the molecule is O=S(=O)(CC1=NCCO1)c1nc2ccccc2o1. The van der Waals surface area contributed by atoms with Gasteiger partial charge in [0.05, 0.1) is 6.54 Å². The van der Waals surface area contributed by atoms with Crippen LogP contribution in [0.5, 0.6) is 0 Å². The van der Waals surface area contributed by atoms with Crippen molar-refractivity contribution in [1.82, 2.24) is 4.98 Å². The quantitative estimate of drug-likeness (QED) is 0.828. The monoisotopic (exact) mass is 266 g/mol. The lowest BCUT2D eigenvalue weighted by atomic mass is 10.3. The first-order valence-electron chi connectivity index (χ1n) is 5.40. The molecule has 1 aromatic heterocycles. The number of benzene rings is 1. The van der Waals surface area contributed by atoms with E-state index in [1.54, 1.807) is 24.3 Å². The predicted molar refractivity (Wildman–Crippen MR) is 64.3 cm³/mol. The highest BCUT2D eigenvalue weighted by Gasteiger charge is 2.26. The van der Waals surface area contributed by atoms with Crippen LogP contribution in [0.3, 0.4) is 0 Å². The summed E-state index contributed by atoms with van der Waals surface area (Å²) in [5.41, 5.74) is 0.968. The third-order valence-corrected chi connectivity index (χ3v) is 3.84. The molecule has 2 aromatic rings. The number of sulfone groups is 1. The summed E-state index contributed by atoms with van der Waals surface area (Å²) in [7, 11) is -3.64. The molecule has 2 heterocycles. The number of rotatable bonds is 3. The molecule has 0 radical (unpaired) electrons. The van der Waals surface area contributed by atoms with Gasteiger partial charge >= 0.3 is 5.22 Å². The lowest BCUT2D eigenvalue weighted by Gasteiger charge is -1.99. The first-order chi connectivity index (χ1) is 8.65. The lowest BCUT2D eigenvalue weighted by molar-refractivity contribution is 0.344. The van der Waals surface area contributed by atoms with E-state index < -0.39 is 9.84 Å². The predicted octanol–water partition coefficient (Wildman–Crippen LogP) is 1.03. The highest BCUT2D eigenvalue weighted by molar-refractivity contribution is 7.91. The van der Waals surface area contributed by atoms with E-state index >= 15 is 0 Å². The average Bonchev–Trinajstić information content (AvgIpc) is 2.96. The molecule has 1 aliphatic heterocycles. The van der Waals surface area contributed by atoms with Gasteiger partial charge in [-0.2, -0.15) is 4.98 Å². The number of fused-ring (bicyclic) bond motifs is 1. The van der Waals surface area contributed by atoms with Crippen LogP contribution in [0.2, 0.25) is 0 Å². The molecule has 6 nitrogen and oxygen atoms in total. The summed E-state index contributed by atoms with van der Waals surface area (Å²) in [4.78, 5) is 7.91. The minimum absolute atomic E-state index is 0.220. The smallest absolute Gasteiger partial charge is 0.316 e. The fraction of sp³-hybridized carbons (Fsp3) is 0.273. The first-order valence-corrected chi connectivity index (χ1v) is 7.05. The molecule has 94 valence electrons. The molecular weight excluding hydrogens is 256 g/mol. The summed E-state index contributed by atoms with van der Waals surface area (Å²) in [6, 6.07) is 6.89. The van der Waals surface area contributed by atoms with Crippen LogP contribution in [0.4, 0.5) is 0 Å². The van der Waals surface area contributed by atoms with Crippen LogP contribution in [-0.2, 0) is 14.6 Å². The van der Waals surface area contributed by atoms with E-state index in [9.17, 15) is 8.42 Å². The van der Waals surface area contributed by atoms with Crippen molar-refractivity contribution in [1.29, 1.82) is 0 Å². The van der Waals surface area contributed by atoms with Crippen LogP contribution in [-0.4, -0.2) is 38.2 Å². The molecule has 0 atom stereocenters. The Morgan fingerprint density at radius 2 is 2.11 bits per heavy atom. The Morgan fingerprint density at radius 1 is 1.28 bits per heavy atom. The maximum absolute atomic E-state index is 12.0. The van der Waals surface area contributed by atoms with Crippen molar-refractivity contribution in [3.05, 3.63) is 24.3 Å². The summed E-state index contributed by atoms with van der Waals surface area (Å²) >= 11 is 0. The van der Waals surface area contributed by atoms with Gasteiger partial charge in [0.1, 0.15) is 17.9 Å². The molecule has 0 unspecified atom stereocenters. The summed E-state index contributed by atoms with van der Waals surface area (Å²) in [5, 5.41) is -0.290. The standard InChI is InChI=1S/C11H10N2O4S/c14-18(15,7-10-12-5-6-16-10)11-13-8-3-1-2-4-9(8)17-11/h1-4H,5-7H2. The highest BCUT2D eigenvalue weighted by atomic mass is 32.2. The molecule has 7 heteroatoms. The highest BCUT2D eigenvalue weighted by Crippen LogP contribution is 2.19. The second-order valence-corrected chi connectivity index (χ2v) is 5.70. The maximum atomic E-state index is 12.0. The number of hydrogen-bond acceptors (Lipinski definition) is 6. The summed E-state index contributed by atoms with van der Waals surface area (Å²) in [6.07, 6.45) is 0. The van der Waals surface area contributed by atoms with Gasteiger partial charge in [0.25, 0.3) is 0 Å². The molecule has 0 N–H and O–H groups in total. The molecule has 0 bridgehead atoms. The van der Waals surface area contributed by atoms with Crippen LogP contribution >= 0.6 is 0 Å². The largest absolute Gasteiger partial charge is 0.478 e. The van der Waals surface area contributed by atoms with Gasteiger partial charge in [-0.15, -0.1) is 0 Å². The van der Waals surface area contributed by atoms with Crippen LogP contribution < -0.4 is 0 Å². The second kappa shape index (κ2) is 4.09. The molecule has 0 spiro atoms. The molecular formula is C11H10N2O4S. The van der Waals surface area contributed by atoms with E-state index in [4.69, 9.17) is 9.15 Å². The number of aliphatic imine (C=N–C) groups is 1. The topological polar surface area (TPSA) is 81.8 Å². The molecule has 0 saturated heterocycles. The number of hydrogen-bond donors (Lipinski definition) is 0. The van der Waals surface area contributed by atoms with Crippen LogP contribution in [0.25, 0.3) is 11.1 Å². The fourth-order valence-electron chi connectivity index (χ4n) is 1.68. The Balaban J connectivity index is 1.97. The second-order valence-electron chi connectivity index (χ2n) is 3.83. The zero-order valence-electron chi connectivity index (χ0n) is 9.37. The van der Waals surface area contributed by atoms with Gasteiger partial charge in [0.2, 0.25) is 9.84 Å². The van der Waals surface area contributed by atoms with E-state index in [0.29, 0.717) is 24.3 Å². The molecule has 0 aliphatic carbocycles. The molecule has 3 rings (SSSR count). The Bertz CT molecular complexity index is 684. The average molecular weight is 266 g/mol. The molecule has 1 aliphatic rings. The van der Waals surface area contributed by atoms with Crippen molar-refractivity contribution in [2.24, 2.45) is 4.99 Å². The van der Waals surface area contributed by atoms with E-state index in [2.05, 4.69) is 9.98 Å². The van der Waals surface area contributed by atoms with Crippen LogP contribution in [0.15, 0.2) is 38.9 Å². The van der Waals surface area contributed by atoms with Gasteiger partial charge in [-0.1, -0.05) is 12.1 Å². The van der Waals surface area contributed by atoms with Crippen molar-refractivity contribution in [3.8, 4) is 0 Å². The van der Waals surface area contributed by atoms with Crippen molar-refractivity contribution in [3.63, 3.8) is 0 Å². The van der Waals surface area contributed by atoms with Crippen molar-refractivity contribution < 1.29 is 17.6 Å². The van der Waals surface area contributed by atoms with E-state index in [0.717, 1.165) is 0 Å². The number of aromatic nitrogens is 1. The Kier molecular flexibility index (Phi) is 2.55. The number of oxazole rings is 1. The van der Waals surface area contributed by atoms with E-state index in [-0.39, 0.29) is 16.9 Å². The van der Waals surface area contributed by atoms with E-state index in [1.165, 1.54) is 0 Å². The van der Waals surface area contributed by atoms with E-state index in [1.807, 2.05) is 0 Å². The molecule has 0 fully saturated rings. The van der Waals surface area contributed by atoms with Gasteiger partial charge in [-0.05, 0) is 12.1 Å². The van der Waals surface area contributed by atoms with Gasteiger partial charge in [-0.25, -0.2) is 8.42 Å². The van der Waals surface area contributed by atoms with Gasteiger partial charge in [0.15, 0.2) is 11.5 Å². The summed E-state index contributed by atoms with van der Waals surface area (Å²) in [5.74, 6) is -0.0861. The fourth-order valence-corrected chi connectivity index (χ4v) is 2.75.